The molecule has 0 saturated heterocycles. The molecule has 0 bridgehead atoms. The van der Waals surface area contributed by atoms with Crippen LogP contribution in [-0.4, -0.2) is 40.6 Å². The Morgan fingerprint density at radius 3 is 2.43 bits per heavy atom. The summed E-state index contributed by atoms with van der Waals surface area (Å²) in [5, 5.41) is 0. The predicted molar refractivity (Wildman–Crippen MR) is 98.7 cm³/mol. The minimum Gasteiger partial charge on any atom is -0.493 e. The van der Waals surface area contributed by atoms with Gasteiger partial charge in [-0.1, -0.05) is 12.1 Å². The molecule has 2 aromatic carbocycles. The summed E-state index contributed by atoms with van der Waals surface area (Å²) in [6.07, 6.45) is -3.70. The Morgan fingerprint density at radius 1 is 1.14 bits per heavy atom. The minimum atomic E-state index is -4.51. The van der Waals surface area contributed by atoms with E-state index in [1.807, 2.05) is 37.2 Å². The van der Waals surface area contributed by atoms with Gasteiger partial charge in [0.05, 0.1) is 17.1 Å². The van der Waals surface area contributed by atoms with Crippen LogP contribution in [0.2, 0.25) is 0 Å². The summed E-state index contributed by atoms with van der Waals surface area (Å²) >= 11 is 0. The number of rotatable bonds is 6. The van der Waals surface area contributed by atoms with E-state index < -0.39 is 21.8 Å². The summed E-state index contributed by atoms with van der Waals surface area (Å²) in [5.41, 5.74) is 1.12. The molecule has 3 rings (SSSR count). The van der Waals surface area contributed by atoms with Crippen molar-refractivity contribution in [2.75, 3.05) is 27.2 Å². The molecule has 0 spiro atoms. The molecule has 0 radical (unpaired) electrons. The monoisotopic (exact) mass is 414 g/mol. The number of sulfonamides is 1. The molecule has 1 atom stereocenters. The van der Waals surface area contributed by atoms with Crippen molar-refractivity contribution in [1.82, 2.24) is 9.62 Å². The smallest absolute Gasteiger partial charge is 0.416 e. The van der Waals surface area contributed by atoms with E-state index in [4.69, 9.17) is 4.74 Å². The first-order valence-electron chi connectivity index (χ1n) is 8.67. The fourth-order valence-corrected chi connectivity index (χ4v) is 4.15. The normalized spacial score (nSPS) is 15.4. The molecule has 0 amide bonds. The Labute approximate surface area is 162 Å². The predicted octanol–water partition coefficient (Wildman–Crippen LogP) is 3.22. The maximum atomic E-state index is 12.7. The highest BCUT2D eigenvalue weighted by molar-refractivity contribution is 7.89. The summed E-state index contributed by atoms with van der Waals surface area (Å²) in [7, 11) is -0.271. The fourth-order valence-electron chi connectivity index (χ4n) is 3.11. The Kier molecular flexibility index (Phi) is 5.69. The quantitative estimate of drug-likeness (QED) is 0.789. The summed E-state index contributed by atoms with van der Waals surface area (Å²) < 4.78 is 71.0. The fraction of sp³-hybridized carbons (Fsp3) is 0.368. The number of halogens is 3. The number of nitrogens with zero attached hydrogens (tertiary/aromatic N) is 1. The molecule has 1 N–H and O–H groups in total. The zero-order valence-corrected chi connectivity index (χ0v) is 16.3. The third-order valence-electron chi connectivity index (χ3n) is 4.68. The van der Waals surface area contributed by atoms with Crippen LogP contribution in [0, 0.1) is 0 Å². The number of ether oxygens (including phenoxy) is 1. The minimum absolute atomic E-state index is 0.0794. The molecule has 0 aliphatic carbocycles. The first kappa shape index (κ1) is 20.6. The molecule has 152 valence electrons. The van der Waals surface area contributed by atoms with Gasteiger partial charge in [-0.15, -0.1) is 0 Å². The SMILES string of the molecule is CN(C)C(CNS(=O)(=O)c1ccc(C(F)(F)F)cc1)c1ccc2c(c1)CCO2. The zero-order valence-electron chi connectivity index (χ0n) is 15.5. The Hall–Kier alpha value is -2.10. The summed E-state index contributed by atoms with van der Waals surface area (Å²) in [6, 6.07) is 8.97. The van der Waals surface area contributed by atoms with Crippen molar-refractivity contribution in [2.24, 2.45) is 0 Å². The second kappa shape index (κ2) is 7.73. The molecule has 5 nitrogen and oxygen atoms in total. The molecule has 0 fully saturated rings. The van der Waals surface area contributed by atoms with E-state index in [0.717, 1.165) is 47.6 Å². The van der Waals surface area contributed by atoms with Crippen LogP contribution >= 0.6 is 0 Å². The highest BCUT2D eigenvalue weighted by Gasteiger charge is 2.30. The second-order valence-electron chi connectivity index (χ2n) is 6.82. The van der Waals surface area contributed by atoms with Gasteiger partial charge in [-0.05, 0) is 55.6 Å². The van der Waals surface area contributed by atoms with Crippen LogP contribution < -0.4 is 9.46 Å². The lowest BCUT2D eigenvalue weighted by atomic mass is 10.0. The van der Waals surface area contributed by atoms with Crippen molar-refractivity contribution in [3.8, 4) is 5.75 Å². The molecule has 1 aliphatic rings. The molecule has 1 unspecified atom stereocenters. The maximum Gasteiger partial charge on any atom is 0.416 e. The van der Waals surface area contributed by atoms with Crippen molar-refractivity contribution in [3.63, 3.8) is 0 Å². The van der Waals surface area contributed by atoms with E-state index in [0.29, 0.717) is 6.61 Å². The van der Waals surface area contributed by atoms with E-state index in [9.17, 15) is 21.6 Å². The van der Waals surface area contributed by atoms with Crippen LogP contribution in [0.1, 0.15) is 22.7 Å². The Balaban J connectivity index is 1.76. The average molecular weight is 414 g/mol. The molecule has 0 saturated carbocycles. The lowest BCUT2D eigenvalue weighted by Crippen LogP contribution is -2.34. The van der Waals surface area contributed by atoms with Gasteiger partial charge in [-0.25, -0.2) is 13.1 Å². The van der Waals surface area contributed by atoms with Crippen LogP contribution in [0.15, 0.2) is 47.4 Å². The van der Waals surface area contributed by atoms with Gasteiger partial charge in [0.25, 0.3) is 0 Å². The summed E-state index contributed by atoms with van der Waals surface area (Å²) in [6.45, 7) is 0.710. The lowest BCUT2D eigenvalue weighted by molar-refractivity contribution is -0.137. The number of hydrogen-bond donors (Lipinski definition) is 1. The number of hydrogen-bond acceptors (Lipinski definition) is 4. The van der Waals surface area contributed by atoms with E-state index in [1.165, 1.54) is 0 Å². The van der Waals surface area contributed by atoms with Gasteiger partial charge in [0.15, 0.2) is 0 Å². The van der Waals surface area contributed by atoms with E-state index in [1.54, 1.807) is 0 Å². The van der Waals surface area contributed by atoms with Crippen molar-refractivity contribution in [2.45, 2.75) is 23.5 Å². The zero-order chi connectivity index (χ0) is 20.5. The van der Waals surface area contributed by atoms with Crippen LogP contribution in [0.3, 0.4) is 0 Å². The van der Waals surface area contributed by atoms with E-state index >= 15 is 0 Å². The third kappa shape index (κ3) is 4.48. The van der Waals surface area contributed by atoms with Gasteiger partial charge in [0.1, 0.15) is 5.75 Å². The Bertz CT molecular complexity index is 942. The Morgan fingerprint density at radius 2 is 1.82 bits per heavy atom. The molecule has 9 heteroatoms. The highest BCUT2D eigenvalue weighted by Crippen LogP contribution is 2.31. The molecule has 1 heterocycles. The van der Waals surface area contributed by atoms with Crippen molar-refractivity contribution in [3.05, 3.63) is 59.2 Å². The molecular formula is C19H21F3N2O3S. The lowest BCUT2D eigenvalue weighted by Gasteiger charge is -2.25. The molecular weight excluding hydrogens is 393 g/mol. The molecule has 1 aliphatic heterocycles. The largest absolute Gasteiger partial charge is 0.493 e. The highest BCUT2D eigenvalue weighted by atomic mass is 32.2. The van der Waals surface area contributed by atoms with Crippen LogP contribution in [0.25, 0.3) is 0 Å². The third-order valence-corrected chi connectivity index (χ3v) is 6.12. The summed E-state index contributed by atoms with van der Waals surface area (Å²) in [5.74, 6) is 0.839. The van der Waals surface area contributed by atoms with Gasteiger partial charge >= 0.3 is 6.18 Å². The van der Waals surface area contributed by atoms with Crippen LogP contribution in [0.5, 0.6) is 5.75 Å². The van der Waals surface area contributed by atoms with E-state index in [2.05, 4.69) is 4.72 Å². The standard InChI is InChI=1S/C19H21F3N2O3S/c1-24(2)17(13-3-8-18-14(11-13)9-10-27-18)12-23-28(25,26)16-6-4-15(5-7-16)19(20,21)22/h3-8,11,17,23H,9-10,12H2,1-2H3. The second-order valence-corrected chi connectivity index (χ2v) is 8.59. The average Bonchev–Trinajstić information content (AvgIpc) is 3.09. The topological polar surface area (TPSA) is 58.6 Å². The number of nitrogens with one attached hydrogen (secondary N) is 1. The van der Waals surface area contributed by atoms with Crippen molar-refractivity contribution in [1.29, 1.82) is 0 Å². The van der Waals surface area contributed by atoms with Crippen molar-refractivity contribution >= 4 is 10.0 Å². The first-order chi connectivity index (χ1) is 13.1. The molecule has 0 aromatic heterocycles. The first-order valence-corrected chi connectivity index (χ1v) is 10.2. The van der Waals surface area contributed by atoms with E-state index in [-0.39, 0.29) is 17.5 Å². The van der Waals surface area contributed by atoms with Crippen LogP contribution in [0.4, 0.5) is 13.2 Å². The van der Waals surface area contributed by atoms with Gasteiger partial charge in [-0.2, -0.15) is 13.2 Å². The van der Waals surface area contributed by atoms with Gasteiger partial charge in [0.2, 0.25) is 10.0 Å². The molecule has 2 aromatic rings. The number of alkyl halides is 3. The van der Waals surface area contributed by atoms with Gasteiger partial charge in [0, 0.05) is 19.0 Å². The number of fused-ring (bicyclic) bond motifs is 1. The summed E-state index contributed by atoms with van der Waals surface area (Å²) in [4.78, 5) is 1.67. The van der Waals surface area contributed by atoms with Crippen molar-refractivity contribution < 1.29 is 26.3 Å². The van der Waals surface area contributed by atoms with Crippen LogP contribution in [-0.2, 0) is 22.6 Å². The number of benzene rings is 2. The van der Waals surface area contributed by atoms with Gasteiger partial charge < -0.3 is 9.64 Å². The number of likely N-dealkylation sites (N-methyl/N-ethyl adjacent to an activating group) is 1. The maximum absolute atomic E-state index is 12.7. The molecule has 28 heavy (non-hydrogen) atoms. The van der Waals surface area contributed by atoms with Gasteiger partial charge in [-0.3, -0.25) is 0 Å².